The maximum absolute atomic E-state index is 12.9. The molecule has 18 heavy (non-hydrogen) atoms. The van der Waals surface area contributed by atoms with Gasteiger partial charge in [-0.2, -0.15) is 13.2 Å². The van der Waals surface area contributed by atoms with Crippen LogP contribution in [0, 0.1) is 6.92 Å². The average molecular weight is 255 g/mol. The fraction of sp³-hybridized carbons (Fsp3) is 0.333. The Labute approximate surface area is 102 Å². The maximum atomic E-state index is 12.9. The fourth-order valence-corrected chi connectivity index (χ4v) is 1.87. The van der Waals surface area contributed by atoms with Gasteiger partial charge in [-0.25, -0.2) is 9.97 Å². The Morgan fingerprint density at radius 2 is 1.89 bits per heavy atom. The van der Waals surface area contributed by atoms with E-state index >= 15 is 0 Å². The molecule has 2 aromatic rings. The summed E-state index contributed by atoms with van der Waals surface area (Å²) in [6.45, 7) is 3.24. The lowest BCUT2D eigenvalue weighted by Crippen LogP contribution is -2.12. The fourth-order valence-electron chi connectivity index (χ4n) is 1.87. The van der Waals surface area contributed by atoms with E-state index in [-0.39, 0.29) is 11.3 Å². The number of hydrogen-bond acceptors (Lipinski definition) is 3. The first-order chi connectivity index (χ1) is 8.30. The molecule has 0 bridgehead atoms. The Kier molecular flexibility index (Phi) is 2.98. The van der Waals surface area contributed by atoms with Crippen LogP contribution in [0.1, 0.15) is 30.0 Å². The SMILES string of the molecule is Cc1nc(C(C)N)c2cccc(C(F)(F)F)c2n1. The molecule has 1 atom stereocenters. The van der Waals surface area contributed by atoms with E-state index in [1.165, 1.54) is 6.07 Å². The summed E-state index contributed by atoms with van der Waals surface area (Å²) in [6.07, 6.45) is -4.44. The van der Waals surface area contributed by atoms with Crippen LogP contribution in [-0.4, -0.2) is 9.97 Å². The van der Waals surface area contributed by atoms with Crippen molar-refractivity contribution in [3.63, 3.8) is 0 Å². The van der Waals surface area contributed by atoms with Gasteiger partial charge in [0.2, 0.25) is 0 Å². The molecule has 0 spiro atoms. The number of hydrogen-bond donors (Lipinski definition) is 1. The number of nitrogens with two attached hydrogens (primary N) is 1. The second kappa shape index (κ2) is 4.20. The quantitative estimate of drug-likeness (QED) is 0.852. The number of aryl methyl sites for hydroxylation is 1. The van der Waals surface area contributed by atoms with Crippen molar-refractivity contribution in [3.05, 3.63) is 35.3 Å². The molecule has 0 fully saturated rings. The Hall–Kier alpha value is -1.69. The van der Waals surface area contributed by atoms with Gasteiger partial charge >= 0.3 is 6.18 Å². The Morgan fingerprint density at radius 1 is 1.22 bits per heavy atom. The Bertz CT molecular complexity index is 591. The molecule has 0 radical (unpaired) electrons. The summed E-state index contributed by atoms with van der Waals surface area (Å²) in [4.78, 5) is 8.02. The monoisotopic (exact) mass is 255 g/mol. The highest BCUT2D eigenvalue weighted by Gasteiger charge is 2.33. The Morgan fingerprint density at radius 3 is 2.44 bits per heavy atom. The van der Waals surface area contributed by atoms with Crippen molar-refractivity contribution in [2.24, 2.45) is 5.73 Å². The second-order valence-electron chi connectivity index (χ2n) is 4.14. The predicted molar refractivity (Wildman–Crippen MR) is 61.9 cm³/mol. The lowest BCUT2D eigenvalue weighted by Gasteiger charge is -2.14. The summed E-state index contributed by atoms with van der Waals surface area (Å²) in [5, 5.41) is 0.352. The van der Waals surface area contributed by atoms with E-state index in [0.29, 0.717) is 11.1 Å². The molecule has 0 aliphatic carbocycles. The standard InChI is InChI=1S/C12H12F3N3/c1-6(16)10-8-4-3-5-9(12(13,14)15)11(8)18-7(2)17-10/h3-6H,16H2,1-2H3. The van der Waals surface area contributed by atoms with Gasteiger partial charge in [-0.05, 0) is 19.9 Å². The zero-order valence-electron chi connectivity index (χ0n) is 9.92. The van der Waals surface area contributed by atoms with Gasteiger partial charge in [0.1, 0.15) is 5.82 Å². The molecule has 96 valence electrons. The molecular weight excluding hydrogens is 243 g/mol. The number of fused-ring (bicyclic) bond motifs is 1. The number of rotatable bonds is 1. The molecule has 1 heterocycles. The van der Waals surface area contributed by atoms with Crippen LogP contribution < -0.4 is 5.73 Å². The molecule has 0 saturated heterocycles. The third-order valence-electron chi connectivity index (χ3n) is 2.60. The van der Waals surface area contributed by atoms with Gasteiger partial charge in [0.15, 0.2) is 0 Å². The second-order valence-corrected chi connectivity index (χ2v) is 4.14. The summed E-state index contributed by atoms with van der Waals surface area (Å²) in [5.41, 5.74) is 5.32. The van der Waals surface area contributed by atoms with E-state index in [2.05, 4.69) is 9.97 Å². The average Bonchev–Trinajstić information content (AvgIpc) is 2.25. The van der Waals surface area contributed by atoms with Gasteiger partial charge in [0.25, 0.3) is 0 Å². The molecule has 1 aromatic heterocycles. The van der Waals surface area contributed by atoms with Crippen LogP contribution in [0.15, 0.2) is 18.2 Å². The van der Waals surface area contributed by atoms with E-state index in [4.69, 9.17) is 5.73 Å². The summed E-state index contributed by atoms with van der Waals surface area (Å²) in [7, 11) is 0. The van der Waals surface area contributed by atoms with Crippen LogP contribution in [0.4, 0.5) is 13.2 Å². The van der Waals surface area contributed by atoms with Crippen molar-refractivity contribution >= 4 is 10.9 Å². The molecule has 6 heteroatoms. The van der Waals surface area contributed by atoms with E-state index < -0.39 is 17.8 Å². The van der Waals surface area contributed by atoms with Gasteiger partial charge in [0.05, 0.1) is 16.8 Å². The van der Waals surface area contributed by atoms with Crippen molar-refractivity contribution in [3.8, 4) is 0 Å². The molecule has 1 aromatic carbocycles. The van der Waals surface area contributed by atoms with Crippen molar-refractivity contribution < 1.29 is 13.2 Å². The van der Waals surface area contributed by atoms with Gasteiger partial charge in [0, 0.05) is 11.4 Å². The first kappa shape index (κ1) is 12.8. The topological polar surface area (TPSA) is 51.8 Å². The van der Waals surface area contributed by atoms with Gasteiger partial charge in [-0.15, -0.1) is 0 Å². The van der Waals surface area contributed by atoms with E-state index in [9.17, 15) is 13.2 Å². The first-order valence-electron chi connectivity index (χ1n) is 5.40. The zero-order chi connectivity index (χ0) is 13.5. The third-order valence-corrected chi connectivity index (χ3v) is 2.60. The normalized spacial score (nSPS) is 13.9. The van der Waals surface area contributed by atoms with E-state index in [1.54, 1.807) is 19.9 Å². The van der Waals surface area contributed by atoms with Crippen LogP contribution >= 0.6 is 0 Å². The predicted octanol–water partition coefficient (Wildman–Crippen LogP) is 2.98. The third kappa shape index (κ3) is 2.15. The molecule has 2 rings (SSSR count). The van der Waals surface area contributed by atoms with Crippen LogP contribution in [-0.2, 0) is 6.18 Å². The number of nitrogens with zero attached hydrogens (tertiary/aromatic N) is 2. The molecule has 3 nitrogen and oxygen atoms in total. The summed E-state index contributed by atoms with van der Waals surface area (Å²) in [6, 6.07) is 3.47. The van der Waals surface area contributed by atoms with Crippen molar-refractivity contribution in [1.82, 2.24) is 9.97 Å². The highest BCUT2D eigenvalue weighted by Crippen LogP contribution is 2.35. The molecule has 0 aliphatic heterocycles. The van der Waals surface area contributed by atoms with E-state index in [0.717, 1.165) is 6.07 Å². The number of benzene rings is 1. The highest BCUT2D eigenvalue weighted by atomic mass is 19.4. The van der Waals surface area contributed by atoms with Gasteiger partial charge in [-0.1, -0.05) is 12.1 Å². The minimum Gasteiger partial charge on any atom is -0.323 e. The molecule has 0 aliphatic rings. The number of para-hydroxylation sites is 1. The van der Waals surface area contributed by atoms with E-state index in [1.807, 2.05) is 0 Å². The smallest absolute Gasteiger partial charge is 0.323 e. The van der Waals surface area contributed by atoms with Gasteiger partial charge < -0.3 is 5.73 Å². The molecule has 2 N–H and O–H groups in total. The Balaban J connectivity index is 2.86. The minimum absolute atomic E-state index is 0.0928. The number of alkyl halides is 3. The number of halogens is 3. The van der Waals surface area contributed by atoms with Crippen LogP contribution in [0.2, 0.25) is 0 Å². The molecule has 0 amide bonds. The largest absolute Gasteiger partial charge is 0.418 e. The molecular formula is C12H12F3N3. The summed E-state index contributed by atoms with van der Waals surface area (Å²) >= 11 is 0. The van der Waals surface area contributed by atoms with Crippen molar-refractivity contribution in [2.45, 2.75) is 26.1 Å². The maximum Gasteiger partial charge on any atom is 0.418 e. The lowest BCUT2D eigenvalue weighted by atomic mass is 10.1. The van der Waals surface area contributed by atoms with Crippen molar-refractivity contribution in [2.75, 3.05) is 0 Å². The van der Waals surface area contributed by atoms with Gasteiger partial charge in [-0.3, -0.25) is 0 Å². The summed E-state index contributed by atoms with van der Waals surface area (Å²) in [5.74, 6) is 0.284. The lowest BCUT2D eigenvalue weighted by molar-refractivity contribution is -0.136. The van der Waals surface area contributed by atoms with Crippen LogP contribution in [0.3, 0.4) is 0 Å². The minimum atomic E-state index is -4.44. The first-order valence-corrected chi connectivity index (χ1v) is 5.40. The molecule has 0 saturated carbocycles. The zero-order valence-corrected chi connectivity index (χ0v) is 9.92. The van der Waals surface area contributed by atoms with Crippen LogP contribution in [0.5, 0.6) is 0 Å². The van der Waals surface area contributed by atoms with Crippen molar-refractivity contribution in [1.29, 1.82) is 0 Å². The highest BCUT2D eigenvalue weighted by molar-refractivity contribution is 5.84. The summed E-state index contributed by atoms with van der Waals surface area (Å²) < 4.78 is 38.7. The number of aromatic nitrogens is 2. The molecule has 1 unspecified atom stereocenters. The van der Waals surface area contributed by atoms with Crippen LogP contribution in [0.25, 0.3) is 10.9 Å².